The lowest BCUT2D eigenvalue weighted by atomic mass is 10.1. The molecule has 0 aliphatic rings. The number of halogens is 4. The number of hydrogen-bond acceptors (Lipinski definition) is 6. The molecular formula is C14H6F4N6S. The van der Waals surface area contributed by atoms with Gasteiger partial charge in [-0.15, -0.1) is 10.2 Å². The van der Waals surface area contributed by atoms with E-state index in [0.717, 1.165) is 17.4 Å². The van der Waals surface area contributed by atoms with Crippen LogP contribution in [0.15, 0.2) is 36.8 Å². The molecule has 6 nitrogen and oxygen atoms in total. The monoisotopic (exact) mass is 366 g/mol. The van der Waals surface area contributed by atoms with Crippen molar-refractivity contribution in [2.45, 2.75) is 6.18 Å². The van der Waals surface area contributed by atoms with Crippen LogP contribution in [0, 0.1) is 5.82 Å². The molecule has 0 bridgehead atoms. The second kappa shape index (κ2) is 5.55. The molecule has 3 aromatic heterocycles. The summed E-state index contributed by atoms with van der Waals surface area (Å²) in [7, 11) is 0. The summed E-state index contributed by atoms with van der Waals surface area (Å²) in [6.07, 6.45) is -0.410. The summed E-state index contributed by atoms with van der Waals surface area (Å²) in [5, 5.41) is 12.0. The van der Waals surface area contributed by atoms with E-state index in [1.165, 1.54) is 29.2 Å². The molecule has 126 valence electrons. The highest BCUT2D eigenvalue weighted by Crippen LogP contribution is 2.36. The first kappa shape index (κ1) is 15.6. The summed E-state index contributed by atoms with van der Waals surface area (Å²) < 4.78 is 54.2. The van der Waals surface area contributed by atoms with Gasteiger partial charge in [-0.1, -0.05) is 17.4 Å². The Balaban J connectivity index is 1.86. The zero-order valence-corrected chi connectivity index (χ0v) is 12.9. The van der Waals surface area contributed by atoms with Gasteiger partial charge >= 0.3 is 6.18 Å². The smallest absolute Gasteiger partial charge is 0.261 e. The van der Waals surface area contributed by atoms with Gasteiger partial charge in [-0.05, 0) is 12.1 Å². The molecule has 11 heteroatoms. The molecule has 1 aromatic carbocycles. The van der Waals surface area contributed by atoms with E-state index in [2.05, 4.69) is 25.3 Å². The van der Waals surface area contributed by atoms with Crippen molar-refractivity contribution in [2.75, 3.05) is 0 Å². The Labute approximate surface area is 140 Å². The molecule has 4 aromatic rings. The zero-order valence-electron chi connectivity index (χ0n) is 12.1. The van der Waals surface area contributed by atoms with E-state index in [0.29, 0.717) is 16.7 Å². The predicted molar refractivity (Wildman–Crippen MR) is 80.1 cm³/mol. The van der Waals surface area contributed by atoms with E-state index < -0.39 is 17.6 Å². The van der Waals surface area contributed by atoms with Gasteiger partial charge in [0.1, 0.15) is 11.5 Å². The molecule has 0 aliphatic heterocycles. The maximum absolute atomic E-state index is 14.3. The van der Waals surface area contributed by atoms with Crippen molar-refractivity contribution in [1.29, 1.82) is 0 Å². The van der Waals surface area contributed by atoms with Crippen molar-refractivity contribution < 1.29 is 17.6 Å². The second-order valence-electron chi connectivity index (χ2n) is 4.88. The summed E-state index contributed by atoms with van der Waals surface area (Å²) in [4.78, 5) is 8.28. The fraction of sp³-hybridized carbons (Fsp3) is 0.0714. The quantitative estimate of drug-likeness (QED) is 0.508. The molecule has 0 unspecified atom stereocenters. The van der Waals surface area contributed by atoms with Crippen LogP contribution in [-0.4, -0.2) is 29.8 Å². The number of hydrogen-bond donors (Lipinski definition) is 0. The second-order valence-corrected chi connectivity index (χ2v) is 5.84. The van der Waals surface area contributed by atoms with Crippen LogP contribution < -0.4 is 0 Å². The predicted octanol–water partition coefficient (Wildman–Crippen LogP) is 3.47. The van der Waals surface area contributed by atoms with Gasteiger partial charge in [-0.2, -0.15) is 22.8 Å². The van der Waals surface area contributed by atoms with Crippen LogP contribution in [0.25, 0.3) is 27.1 Å². The fourth-order valence-corrected chi connectivity index (χ4v) is 3.07. The van der Waals surface area contributed by atoms with Crippen LogP contribution in [0.2, 0.25) is 0 Å². The number of rotatable bonds is 2. The largest absolute Gasteiger partial charge is 0.419 e. The first-order valence-corrected chi connectivity index (χ1v) is 7.61. The van der Waals surface area contributed by atoms with Gasteiger partial charge in [0.15, 0.2) is 5.01 Å². The normalized spacial score (nSPS) is 12.0. The molecule has 0 radical (unpaired) electrons. The minimum Gasteiger partial charge on any atom is -0.261 e. The molecule has 0 saturated heterocycles. The first-order chi connectivity index (χ1) is 11.9. The fourth-order valence-electron chi connectivity index (χ4n) is 2.22. The van der Waals surface area contributed by atoms with Crippen LogP contribution in [0.1, 0.15) is 5.56 Å². The number of benzene rings is 1. The summed E-state index contributed by atoms with van der Waals surface area (Å²) >= 11 is 0.922. The number of aromatic nitrogens is 6. The third kappa shape index (κ3) is 2.61. The highest BCUT2D eigenvalue weighted by molar-refractivity contribution is 7.19. The average molecular weight is 366 g/mol. The van der Waals surface area contributed by atoms with Crippen molar-refractivity contribution in [2.24, 2.45) is 0 Å². The molecule has 4 rings (SSSR count). The van der Waals surface area contributed by atoms with E-state index >= 15 is 0 Å². The maximum Gasteiger partial charge on any atom is 0.419 e. The molecule has 0 spiro atoms. The van der Waals surface area contributed by atoms with E-state index in [9.17, 15) is 17.6 Å². The number of fused-ring (bicyclic) bond motifs is 1. The lowest BCUT2D eigenvalue weighted by molar-refractivity contribution is -0.139. The SMILES string of the molecule is Fc1c(-c2nn3c(-c4cnccn4)nnc3s2)cccc1C(F)(F)F. The zero-order chi connectivity index (χ0) is 17.6. The lowest BCUT2D eigenvalue weighted by Crippen LogP contribution is -2.08. The van der Waals surface area contributed by atoms with Crippen LogP contribution in [0.3, 0.4) is 0 Å². The van der Waals surface area contributed by atoms with Gasteiger partial charge in [0.05, 0.1) is 11.8 Å². The van der Waals surface area contributed by atoms with Crippen LogP contribution in [0.4, 0.5) is 17.6 Å². The molecule has 0 N–H and O–H groups in total. The van der Waals surface area contributed by atoms with E-state index in [1.54, 1.807) is 0 Å². The summed E-state index contributed by atoms with van der Waals surface area (Å²) in [5.41, 5.74) is -1.21. The number of nitrogens with zero attached hydrogens (tertiary/aromatic N) is 6. The Hall–Kier alpha value is -2.95. The Kier molecular flexibility index (Phi) is 3.46. The minimum absolute atomic E-state index is 0.0543. The van der Waals surface area contributed by atoms with Gasteiger partial charge in [0, 0.05) is 18.0 Å². The van der Waals surface area contributed by atoms with Gasteiger partial charge in [-0.25, -0.2) is 9.37 Å². The summed E-state index contributed by atoms with van der Waals surface area (Å²) in [5.74, 6) is -1.11. The highest BCUT2D eigenvalue weighted by Gasteiger charge is 2.35. The van der Waals surface area contributed by atoms with Crippen molar-refractivity contribution in [1.82, 2.24) is 29.8 Å². The molecule has 0 fully saturated rings. The Bertz CT molecular complexity index is 1060. The van der Waals surface area contributed by atoms with Gasteiger partial charge in [0.2, 0.25) is 10.8 Å². The third-order valence-corrected chi connectivity index (χ3v) is 4.25. The van der Waals surface area contributed by atoms with Crippen molar-refractivity contribution in [3.8, 4) is 22.1 Å². The van der Waals surface area contributed by atoms with Crippen LogP contribution in [0.5, 0.6) is 0 Å². The van der Waals surface area contributed by atoms with Crippen molar-refractivity contribution in [3.05, 3.63) is 48.2 Å². The first-order valence-electron chi connectivity index (χ1n) is 6.80. The molecule has 0 saturated carbocycles. The molecule has 0 aliphatic carbocycles. The molecular weight excluding hydrogens is 360 g/mol. The Morgan fingerprint density at radius 2 is 1.92 bits per heavy atom. The van der Waals surface area contributed by atoms with Crippen LogP contribution in [-0.2, 0) is 6.18 Å². The maximum atomic E-state index is 14.3. The standard InChI is InChI=1S/C14H6F4N6S/c15-10-7(2-1-3-8(10)14(16,17)18)12-23-24-11(21-22-13(24)25-12)9-6-19-4-5-20-9/h1-6H. The Morgan fingerprint density at radius 3 is 2.64 bits per heavy atom. The lowest BCUT2D eigenvalue weighted by Gasteiger charge is -2.09. The van der Waals surface area contributed by atoms with Gasteiger partial charge in [-0.3, -0.25) is 4.98 Å². The van der Waals surface area contributed by atoms with Gasteiger partial charge < -0.3 is 0 Å². The van der Waals surface area contributed by atoms with Crippen molar-refractivity contribution >= 4 is 16.3 Å². The van der Waals surface area contributed by atoms with E-state index in [-0.39, 0.29) is 16.4 Å². The van der Waals surface area contributed by atoms with Gasteiger partial charge in [0.25, 0.3) is 0 Å². The third-order valence-electron chi connectivity index (χ3n) is 3.32. The van der Waals surface area contributed by atoms with E-state index in [1.807, 2.05) is 0 Å². The molecule has 0 amide bonds. The topological polar surface area (TPSA) is 68.9 Å². The average Bonchev–Trinajstić information content (AvgIpc) is 3.15. The molecule has 3 heterocycles. The van der Waals surface area contributed by atoms with Crippen LogP contribution >= 0.6 is 11.3 Å². The van der Waals surface area contributed by atoms with E-state index in [4.69, 9.17) is 0 Å². The van der Waals surface area contributed by atoms with Crippen molar-refractivity contribution in [3.63, 3.8) is 0 Å². The minimum atomic E-state index is -4.79. The molecule has 25 heavy (non-hydrogen) atoms. The summed E-state index contributed by atoms with van der Waals surface area (Å²) in [6, 6.07) is 3.05. The number of alkyl halides is 3. The Morgan fingerprint density at radius 1 is 1.08 bits per heavy atom. The summed E-state index contributed by atoms with van der Waals surface area (Å²) in [6.45, 7) is 0. The highest BCUT2D eigenvalue weighted by atomic mass is 32.1. The molecule has 0 atom stereocenters.